The Balaban J connectivity index is 1.34. The first-order valence-electron chi connectivity index (χ1n) is 11.2. The molecule has 1 fully saturated rings. The zero-order chi connectivity index (χ0) is 22.9. The van der Waals surface area contributed by atoms with Gasteiger partial charge in [0.05, 0.1) is 22.0 Å². The smallest absolute Gasteiger partial charge is 0.229 e. The van der Waals surface area contributed by atoms with Gasteiger partial charge >= 0.3 is 0 Å². The van der Waals surface area contributed by atoms with Crippen LogP contribution in [0, 0.1) is 12.7 Å². The number of fused-ring (bicyclic) bond motifs is 1. The maximum Gasteiger partial charge on any atom is 0.229 e. The van der Waals surface area contributed by atoms with Crippen LogP contribution in [0.15, 0.2) is 54.6 Å². The van der Waals surface area contributed by atoms with Crippen LogP contribution in [0.25, 0.3) is 16.0 Å². The minimum atomic E-state index is -0.275. The van der Waals surface area contributed by atoms with Gasteiger partial charge in [-0.05, 0) is 50.1 Å². The molecule has 5 rings (SSSR count). The van der Waals surface area contributed by atoms with Gasteiger partial charge in [0.15, 0.2) is 10.8 Å². The third kappa shape index (κ3) is 4.23. The van der Waals surface area contributed by atoms with Crippen molar-refractivity contribution in [3.63, 3.8) is 0 Å². The van der Waals surface area contributed by atoms with Crippen molar-refractivity contribution < 1.29 is 9.18 Å². The molecule has 0 radical (unpaired) electrons. The molecule has 0 unspecified atom stereocenters. The molecule has 0 spiro atoms. The Kier molecular flexibility index (Phi) is 5.85. The molecule has 1 aliphatic heterocycles. The van der Waals surface area contributed by atoms with Crippen molar-refractivity contribution in [3.8, 4) is 5.69 Å². The fourth-order valence-corrected chi connectivity index (χ4v) is 5.35. The molecule has 0 saturated carbocycles. The number of rotatable bonds is 4. The summed E-state index contributed by atoms with van der Waals surface area (Å²) < 4.78 is 16.2. The normalized spacial score (nSPS) is 15.6. The van der Waals surface area contributed by atoms with Gasteiger partial charge in [-0.1, -0.05) is 41.7 Å². The molecule has 170 valence electrons. The lowest BCUT2D eigenvalue weighted by Gasteiger charge is -2.25. The van der Waals surface area contributed by atoms with E-state index in [4.69, 9.17) is 4.98 Å². The van der Waals surface area contributed by atoms with Gasteiger partial charge in [0.25, 0.3) is 0 Å². The first-order chi connectivity index (χ1) is 16.0. The maximum atomic E-state index is 13.4. The number of hydrogen-bond acceptors (Lipinski definition) is 5. The van der Waals surface area contributed by atoms with E-state index in [-0.39, 0.29) is 17.6 Å². The van der Waals surface area contributed by atoms with Crippen LogP contribution in [-0.4, -0.2) is 51.8 Å². The zero-order valence-corrected chi connectivity index (χ0v) is 19.6. The quantitative estimate of drug-likeness (QED) is 0.437. The highest BCUT2D eigenvalue weighted by atomic mass is 32.1. The summed E-state index contributed by atoms with van der Waals surface area (Å²) in [6.45, 7) is 6.97. The number of hydrogen-bond donors (Lipinski definition) is 0. The highest BCUT2D eigenvalue weighted by Gasteiger charge is 2.26. The third-order valence-electron chi connectivity index (χ3n) is 6.20. The molecule has 2 aromatic heterocycles. The molecular formula is C25H26FN5OS. The second-order valence-electron chi connectivity index (χ2n) is 8.42. The number of carbonyl (C=O) groups is 1. The van der Waals surface area contributed by atoms with Crippen LogP contribution in [-0.2, 0) is 4.79 Å². The van der Waals surface area contributed by atoms with Crippen molar-refractivity contribution in [2.75, 3.05) is 31.1 Å². The number of aryl methyl sites for hydroxylation is 1. The zero-order valence-electron chi connectivity index (χ0n) is 18.7. The Bertz CT molecular complexity index is 1270. The molecule has 6 nitrogen and oxygen atoms in total. The van der Waals surface area contributed by atoms with Crippen molar-refractivity contribution >= 4 is 32.7 Å². The first-order valence-corrected chi connectivity index (χ1v) is 12.0. The summed E-state index contributed by atoms with van der Waals surface area (Å²) in [7, 11) is 0. The summed E-state index contributed by atoms with van der Waals surface area (Å²) in [6.07, 6.45) is 0.895. The van der Waals surface area contributed by atoms with Gasteiger partial charge < -0.3 is 9.80 Å². The van der Waals surface area contributed by atoms with Crippen molar-refractivity contribution in [2.45, 2.75) is 26.2 Å². The average molecular weight is 464 g/mol. The van der Waals surface area contributed by atoms with Crippen molar-refractivity contribution in [1.82, 2.24) is 19.7 Å². The molecule has 0 aliphatic carbocycles. The second-order valence-corrected chi connectivity index (χ2v) is 9.40. The fraction of sp³-hybridized carbons (Fsp3) is 0.320. The molecule has 4 aromatic rings. The van der Waals surface area contributed by atoms with E-state index in [0.29, 0.717) is 6.54 Å². The Hall–Kier alpha value is -3.26. The monoisotopic (exact) mass is 463 g/mol. The minimum Gasteiger partial charge on any atom is -0.346 e. The Morgan fingerprint density at radius 1 is 1.03 bits per heavy atom. The number of aromatic nitrogens is 3. The number of thiazole rings is 1. The van der Waals surface area contributed by atoms with E-state index >= 15 is 0 Å². The number of benzene rings is 2. The summed E-state index contributed by atoms with van der Waals surface area (Å²) >= 11 is 1.63. The molecule has 3 heterocycles. The van der Waals surface area contributed by atoms with E-state index in [9.17, 15) is 9.18 Å². The van der Waals surface area contributed by atoms with Crippen molar-refractivity contribution in [1.29, 1.82) is 0 Å². The van der Waals surface area contributed by atoms with Crippen LogP contribution in [0.5, 0.6) is 0 Å². The molecule has 1 aliphatic rings. The summed E-state index contributed by atoms with van der Waals surface area (Å²) in [5, 5.41) is 5.55. The Labute approximate surface area is 196 Å². The molecular weight excluding hydrogens is 437 g/mol. The molecule has 33 heavy (non-hydrogen) atoms. The molecule has 8 heteroatoms. The van der Waals surface area contributed by atoms with Gasteiger partial charge in [0.2, 0.25) is 5.91 Å². The van der Waals surface area contributed by atoms with Crippen LogP contribution in [0.3, 0.4) is 0 Å². The maximum absolute atomic E-state index is 13.4. The molecule has 1 atom stereocenters. The van der Waals surface area contributed by atoms with Crippen LogP contribution in [0.1, 0.15) is 30.5 Å². The van der Waals surface area contributed by atoms with Gasteiger partial charge in [-0.3, -0.25) is 4.79 Å². The van der Waals surface area contributed by atoms with Gasteiger partial charge in [-0.25, -0.2) is 9.07 Å². The van der Waals surface area contributed by atoms with Crippen LogP contribution in [0.4, 0.5) is 9.52 Å². The van der Waals surface area contributed by atoms with Crippen molar-refractivity contribution in [3.05, 3.63) is 71.7 Å². The Morgan fingerprint density at radius 3 is 2.55 bits per heavy atom. The SMILES string of the molecule is Cc1nn(-c2ccc(F)cc2)c2nc(N3CCCN(C(=O)[C@H](C)c4ccccc4)CC3)sc12. The highest BCUT2D eigenvalue weighted by Crippen LogP contribution is 2.33. The fourth-order valence-electron chi connectivity index (χ4n) is 4.31. The summed E-state index contributed by atoms with van der Waals surface area (Å²) in [6, 6.07) is 16.2. The third-order valence-corrected chi connectivity index (χ3v) is 7.41. The second kappa shape index (κ2) is 8.94. The van der Waals surface area contributed by atoms with E-state index in [1.807, 2.05) is 49.1 Å². The lowest BCUT2D eigenvalue weighted by Crippen LogP contribution is -2.37. The lowest BCUT2D eigenvalue weighted by molar-refractivity contribution is -0.132. The standard InChI is InChI=1S/C25H26FN5OS/c1-17(19-7-4-3-5-8-19)24(32)29-13-6-14-30(16-15-29)25-27-23-22(33-25)18(2)28-31(23)21-11-9-20(26)10-12-21/h3-5,7-12,17H,6,13-16H2,1-2H3/t17-/m1/s1. The van der Waals surface area contributed by atoms with E-state index in [2.05, 4.69) is 10.00 Å². The Morgan fingerprint density at radius 2 is 1.79 bits per heavy atom. The summed E-state index contributed by atoms with van der Waals surface area (Å²) in [4.78, 5) is 22.3. The number of anilines is 1. The number of halogens is 1. The lowest BCUT2D eigenvalue weighted by atomic mass is 10.00. The summed E-state index contributed by atoms with van der Waals surface area (Å²) in [5.41, 5.74) is 3.53. The summed E-state index contributed by atoms with van der Waals surface area (Å²) in [5.74, 6) is -0.247. The van der Waals surface area contributed by atoms with E-state index < -0.39 is 0 Å². The average Bonchev–Trinajstić information content (AvgIpc) is 3.30. The number of nitrogens with zero attached hydrogens (tertiary/aromatic N) is 5. The van der Waals surface area contributed by atoms with Gasteiger partial charge in [-0.2, -0.15) is 10.1 Å². The largest absolute Gasteiger partial charge is 0.346 e. The predicted octanol–water partition coefficient (Wildman–Crippen LogP) is 4.77. The minimum absolute atomic E-state index is 0.149. The van der Waals surface area contributed by atoms with E-state index in [1.165, 1.54) is 12.1 Å². The van der Waals surface area contributed by atoms with Crippen LogP contribution >= 0.6 is 11.3 Å². The number of carbonyl (C=O) groups excluding carboxylic acids is 1. The number of amides is 1. The topological polar surface area (TPSA) is 54.3 Å². The highest BCUT2D eigenvalue weighted by molar-refractivity contribution is 7.22. The van der Waals surface area contributed by atoms with Crippen LogP contribution < -0.4 is 4.90 Å². The molecule has 2 aromatic carbocycles. The van der Waals surface area contributed by atoms with Crippen LogP contribution in [0.2, 0.25) is 0 Å². The molecule has 1 saturated heterocycles. The van der Waals surface area contributed by atoms with Gasteiger partial charge in [0, 0.05) is 26.2 Å². The van der Waals surface area contributed by atoms with Gasteiger partial charge in [-0.15, -0.1) is 0 Å². The van der Waals surface area contributed by atoms with Crippen molar-refractivity contribution in [2.24, 2.45) is 0 Å². The molecule has 0 N–H and O–H groups in total. The predicted molar refractivity (Wildman–Crippen MR) is 130 cm³/mol. The van der Waals surface area contributed by atoms with Gasteiger partial charge in [0.1, 0.15) is 5.82 Å². The van der Waals surface area contributed by atoms with E-state index in [0.717, 1.165) is 58.5 Å². The van der Waals surface area contributed by atoms with E-state index in [1.54, 1.807) is 28.2 Å². The molecule has 1 amide bonds. The molecule has 0 bridgehead atoms. The first kappa shape index (κ1) is 21.6.